The highest BCUT2D eigenvalue weighted by Gasteiger charge is 2.52. The molecule has 1 amide bonds. The Labute approximate surface area is 178 Å². The van der Waals surface area contributed by atoms with Gasteiger partial charge < -0.3 is 29.3 Å². The summed E-state index contributed by atoms with van der Waals surface area (Å²) in [6.07, 6.45) is 2.83. The number of carbonyl (C=O) groups excluding carboxylic acids is 1. The Kier molecular flexibility index (Phi) is 6.43. The van der Waals surface area contributed by atoms with Crippen molar-refractivity contribution in [2.45, 2.75) is 77.4 Å². The predicted molar refractivity (Wildman–Crippen MR) is 113 cm³/mol. The van der Waals surface area contributed by atoms with Crippen molar-refractivity contribution in [2.75, 3.05) is 24.6 Å². The van der Waals surface area contributed by atoms with Gasteiger partial charge in [0.25, 0.3) is 5.91 Å². The molecule has 2 aliphatic heterocycles. The van der Waals surface area contributed by atoms with Gasteiger partial charge in [0, 0.05) is 37.0 Å². The van der Waals surface area contributed by atoms with E-state index in [0.717, 1.165) is 11.9 Å². The Morgan fingerprint density at radius 2 is 1.83 bits per heavy atom. The summed E-state index contributed by atoms with van der Waals surface area (Å²) in [5.74, 6) is 0.132. The molecule has 2 unspecified atom stereocenters. The number of carbonyl (C=O) groups is 1. The molecule has 2 aliphatic rings. The van der Waals surface area contributed by atoms with Crippen molar-refractivity contribution in [2.24, 2.45) is 0 Å². The third kappa shape index (κ3) is 4.32. The van der Waals surface area contributed by atoms with E-state index in [1.165, 1.54) is 0 Å². The molecular weight excluding hydrogens is 387 g/mol. The van der Waals surface area contributed by atoms with E-state index in [0.29, 0.717) is 19.0 Å². The monoisotopic (exact) mass is 420 g/mol. The first-order chi connectivity index (χ1) is 14.0. The number of aromatic nitrogens is 2. The van der Waals surface area contributed by atoms with Crippen LogP contribution in [0.25, 0.3) is 0 Å². The van der Waals surface area contributed by atoms with E-state index in [2.05, 4.69) is 28.7 Å². The van der Waals surface area contributed by atoms with Gasteiger partial charge in [0.05, 0.1) is 23.9 Å². The number of rotatable bonds is 6. The Morgan fingerprint density at radius 3 is 2.33 bits per heavy atom. The quantitative estimate of drug-likeness (QED) is 0.617. The van der Waals surface area contributed by atoms with Gasteiger partial charge >= 0.3 is 7.12 Å². The number of aliphatic hydroxyl groups is 2. The summed E-state index contributed by atoms with van der Waals surface area (Å²) < 4.78 is 12.1. The molecule has 30 heavy (non-hydrogen) atoms. The Bertz CT molecular complexity index is 742. The van der Waals surface area contributed by atoms with E-state index >= 15 is 0 Å². The molecule has 3 heterocycles. The fourth-order valence-corrected chi connectivity index (χ4v) is 3.84. The number of hydrogen-bond acceptors (Lipinski definition) is 8. The van der Waals surface area contributed by atoms with Gasteiger partial charge in [-0.3, -0.25) is 4.79 Å². The SMILES string of the molecule is CC(C)N(c1ncc(B2OC(C)(C)C(C)(C)O2)cn1)C1CCN(C(=O)C(O)CO)C1. The van der Waals surface area contributed by atoms with Crippen LogP contribution >= 0.6 is 0 Å². The fourth-order valence-electron chi connectivity index (χ4n) is 3.84. The summed E-state index contributed by atoms with van der Waals surface area (Å²) in [4.78, 5) is 25.0. The van der Waals surface area contributed by atoms with Gasteiger partial charge in [-0.05, 0) is 48.0 Å². The summed E-state index contributed by atoms with van der Waals surface area (Å²) in [7, 11) is -0.517. The Balaban J connectivity index is 1.73. The van der Waals surface area contributed by atoms with Gasteiger partial charge in [0.2, 0.25) is 5.95 Å². The number of hydrogen-bond donors (Lipinski definition) is 2. The molecule has 2 fully saturated rings. The lowest BCUT2D eigenvalue weighted by atomic mass is 9.81. The van der Waals surface area contributed by atoms with E-state index < -0.39 is 36.9 Å². The Morgan fingerprint density at radius 1 is 1.27 bits per heavy atom. The van der Waals surface area contributed by atoms with Gasteiger partial charge in [0.15, 0.2) is 6.10 Å². The molecule has 2 saturated heterocycles. The van der Waals surface area contributed by atoms with Crippen molar-refractivity contribution in [1.82, 2.24) is 14.9 Å². The summed E-state index contributed by atoms with van der Waals surface area (Å²) in [5.41, 5.74) is -0.103. The third-order valence-corrected chi connectivity index (χ3v) is 6.30. The number of likely N-dealkylation sites (tertiary alicyclic amines) is 1. The maximum atomic E-state index is 12.2. The second-order valence-electron chi connectivity index (χ2n) is 9.33. The van der Waals surface area contributed by atoms with Gasteiger partial charge in [-0.15, -0.1) is 0 Å². The van der Waals surface area contributed by atoms with E-state index in [1.807, 2.05) is 27.7 Å². The second-order valence-corrected chi connectivity index (χ2v) is 9.33. The van der Waals surface area contributed by atoms with Crippen molar-refractivity contribution in [3.63, 3.8) is 0 Å². The van der Waals surface area contributed by atoms with E-state index in [-0.39, 0.29) is 12.1 Å². The van der Waals surface area contributed by atoms with Crippen molar-refractivity contribution < 1.29 is 24.3 Å². The molecule has 0 bridgehead atoms. The summed E-state index contributed by atoms with van der Waals surface area (Å²) in [6, 6.07) is 0.151. The van der Waals surface area contributed by atoms with E-state index in [1.54, 1.807) is 17.3 Å². The van der Waals surface area contributed by atoms with Crippen LogP contribution in [0.4, 0.5) is 5.95 Å². The molecular formula is C20H33BN4O5. The van der Waals surface area contributed by atoms with Gasteiger partial charge in [-0.1, -0.05) is 0 Å². The van der Waals surface area contributed by atoms with Crippen LogP contribution in [0.1, 0.15) is 48.0 Å². The lowest BCUT2D eigenvalue weighted by Gasteiger charge is -2.33. The van der Waals surface area contributed by atoms with E-state index in [9.17, 15) is 9.90 Å². The maximum Gasteiger partial charge on any atom is 0.498 e. The van der Waals surface area contributed by atoms with Crippen molar-refractivity contribution in [3.05, 3.63) is 12.4 Å². The number of aliphatic hydroxyl groups excluding tert-OH is 2. The van der Waals surface area contributed by atoms with Crippen LogP contribution in [-0.4, -0.2) is 87.2 Å². The van der Waals surface area contributed by atoms with Crippen LogP contribution in [0.15, 0.2) is 12.4 Å². The maximum absolute atomic E-state index is 12.2. The molecule has 166 valence electrons. The molecule has 0 radical (unpaired) electrons. The first-order valence-corrected chi connectivity index (χ1v) is 10.5. The average Bonchev–Trinajstić information content (AvgIpc) is 3.23. The highest BCUT2D eigenvalue weighted by atomic mass is 16.7. The predicted octanol–water partition coefficient (Wildman–Crippen LogP) is -0.0553. The molecule has 0 aliphatic carbocycles. The van der Waals surface area contributed by atoms with Crippen molar-refractivity contribution in [1.29, 1.82) is 0 Å². The minimum absolute atomic E-state index is 0.0301. The minimum Gasteiger partial charge on any atom is -0.399 e. The van der Waals surface area contributed by atoms with E-state index in [4.69, 9.17) is 14.4 Å². The number of nitrogens with zero attached hydrogens (tertiary/aromatic N) is 4. The van der Waals surface area contributed by atoms with Crippen LogP contribution in [0.3, 0.4) is 0 Å². The zero-order valence-electron chi connectivity index (χ0n) is 18.7. The highest BCUT2D eigenvalue weighted by Crippen LogP contribution is 2.36. The van der Waals surface area contributed by atoms with Crippen molar-refractivity contribution in [3.8, 4) is 0 Å². The third-order valence-electron chi connectivity index (χ3n) is 6.30. The van der Waals surface area contributed by atoms with Crippen LogP contribution in [-0.2, 0) is 14.1 Å². The van der Waals surface area contributed by atoms with Gasteiger partial charge in [-0.25, -0.2) is 9.97 Å². The molecule has 10 heteroatoms. The zero-order chi connectivity index (χ0) is 22.3. The Hall–Kier alpha value is -1.75. The molecule has 1 aromatic heterocycles. The fraction of sp³-hybridized carbons (Fsp3) is 0.750. The van der Waals surface area contributed by atoms with Crippen LogP contribution < -0.4 is 10.4 Å². The van der Waals surface area contributed by atoms with Crippen molar-refractivity contribution >= 4 is 24.4 Å². The van der Waals surface area contributed by atoms with Gasteiger partial charge in [0.1, 0.15) is 0 Å². The minimum atomic E-state index is -1.37. The average molecular weight is 420 g/mol. The molecule has 1 aromatic rings. The summed E-state index contributed by atoms with van der Waals surface area (Å²) in [5, 5.41) is 18.7. The molecule has 0 saturated carbocycles. The van der Waals surface area contributed by atoms with Crippen LogP contribution in [0, 0.1) is 0 Å². The molecule has 2 atom stereocenters. The molecule has 0 aromatic carbocycles. The highest BCUT2D eigenvalue weighted by molar-refractivity contribution is 6.61. The lowest BCUT2D eigenvalue weighted by molar-refractivity contribution is -0.141. The van der Waals surface area contributed by atoms with Crippen LogP contribution in [0.2, 0.25) is 0 Å². The molecule has 3 rings (SSSR count). The number of amides is 1. The largest absolute Gasteiger partial charge is 0.498 e. The van der Waals surface area contributed by atoms with Gasteiger partial charge in [-0.2, -0.15) is 0 Å². The summed E-state index contributed by atoms with van der Waals surface area (Å²) >= 11 is 0. The van der Waals surface area contributed by atoms with Crippen LogP contribution in [0.5, 0.6) is 0 Å². The first-order valence-electron chi connectivity index (χ1n) is 10.5. The smallest absolute Gasteiger partial charge is 0.399 e. The lowest BCUT2D eigenvalue weighted by Crippen LogP contribution is -2.46. The second kappa shape index (κ2) is 8.41. The molecule has 9 nitrogen and oxygen atoms in total. The zero-order valence-corrected chi connectivity index (χ0v) is 18.7. The molecule has 2 N–H and O–H groups in total. The standard InChI is InChI=1S/C20H33BN4O5/c1-13(2)25(15-7-8-24(11-15)17(28)16(27)12-26)18-22-9-14(10-23-18)21-29-19(3,4)20(5,6)30-21/h9-10,13,15-16,26-27H,7-8,11-12H2,1-6H3. The normalized spacial score (nSPS) is 23.8. The first kappa shape index (κ1) is 22.9. The molecule has 0 spiro atoms. The summed E-state index contributed by atoms with van der Waals surface area (Å²) in [6.45, 7) is 12.5. The number of anilines is 1. The topological polar surface area (TPSA) is 108 Å².